The molecule has 2 aromatic carbocycles. The summed E-state index contributed by atoms with van der Waals surface area (Å²) in [5.74, 6) is -1.97. The number of nitrogens with one attached hydrogen (secondary N) is 1. The zero-order chi connectivity index (χ0) is 22.9. The molecule has 0 radical (unpaired) electrons. The van der Waals surface area contributed by atoms with Gasteiger partial charge in [0.05, 0.1) is 12.1 Å². The molecule has 0 aliphatic carbocycles. The normalized spacial score (nSPS) is 16.3. The summed E-state index contributed by atoms with van der Waals surface area (Å²) in [5.41, 5.74) is 0.919. The molecule has 1 fully saturated rings. The van der Waals surface area contributed by atoms with Gasteiger partial charge < -0.3 is 9.88 Å². The molecule has 1 aliphatic rings. The van der Waals surface area contributed by atoms with E-state index < -0.39 is 23.1 Å². The molecule has 2 aromatic heterocycles. The van der Waals surface area contributed by atoms with E-state index >= 15 is 0 Å². The lowest BCUT2D eigenvalue weighted by Gasteiger charge is -2.32. The molecule has 1 amide bonds. The van der Waals surface area contributed by atoms with E-state index in [1.807, 2.05) is 30.3 Å². The number of likely N-dealkylation sites (tertiary alicyclic amines) is 1. The van der Waals surface area contributed by atoms with Gasteiger partial charge in [0.2, 0.25) is 0 Å². The molecule has 8 nitrogen and oxygen atoms in total. The van der Waals surface area contributed by atoms with Gasteiger partial charge in [-0.3, -0.25) is 9.59 Å². The highest BCUT2D eigenvalue weighted by molar-refractivity contribution is 5.94. The number of aromatic amines is 1. The lowest BCUT2D eigenvalue weighted by atomic mass is 9.96. The van der Waals surface area contributed by atoms with E-state index in [0.29, 0.717) is 43.5 Å². The van der Waals surface area contributed by atoms with E-state index in [4.69, 9.17) is 0 Å². The fourth-order valence-electron chi connectivity index (χ4n) is 4.16. The van der Waals surface area contributed by atoms with Crippen molar-refractivity contribution in [1.29, 1.82) is 0 Å². The van der Waals surface area contributed by atoms with Gasteiger partial charge in [-0.2, -0.15) is 0 Å². The second-order valence-electron chi connectivity index (χ2n) is 8.07. The lowest BCUT2D eigenvalue weighted by Crippen LogP contribution is -2.40. The van der Waals surface area contributed by atoms with Gasteiger partial charge in [0.25, 0.3) is 11.5 Å². The molecular formula is C23H20F2N6O2. The van der Waals surface area contributed by atoms with Crippen molar-refractivity contribution in [3.63, 3.8) is 0 Å². The maximum absolute atomic E-state index is 14.1. The van der Waals surface area contributed by atoms with Crippen LogP contribution in [0.2, 0.25) is 0 Å². The van der Waals surface area contributed by atoms with E-state index in [9.17, 15) is 18.4 Å². The molecule has 10 heteroatoms. The summed E-state index contributed by atoms with van der Waals surface area (Å²) in [6.45, 7) is 1.10. The molecule has 0 spiro atoms. The quantitative estimate of drug-likeness (QED) is 0.516. The zero-order valence-corrected chi connectivity index (χ0v) is 17.5. The van der Waals surface area contributed by atoms with E-state index in [-0.39, 0.29) is 23.5 Å². The summed E-state index contributed by atoms with van der Waals surface area (Å²) in [6, 6.07) is 12.5. The second kappa shape index (κ2) is 8.53. The average Bonchev–Trinajstić information content (AvgIpc) is 3.22. The first kappa shape index (κ1) is 20.9. The minimum absolute atomic E-state index is 0.145. The van der Waals surface area contributed by atoms with Gasteiger partial charge in [0, 0.05) is 25.1 Å². The predicted molar refractivity (Wildman–Crippen MR) is 116 cm³/mol. The maximum atomic E-state index is 14.1. The highest BCUT2D eigenvalue weighted by Gasteiger charge is 2.29. The van der Waals surface area contributed by atoms with Crippen LogP contribution in [0.5, 0.6) is 0 Å². The molecule has 5 rings (SSSR count). The number of benzene rings is 2. The number of fused-ring (bicyclic) bond motifs is 1. The van der Waals surface area contributed by atoms with Crippen molar-refractivity contribution in [3.8, 4) is 0 Å². The van der Waals surface area contributed by atoms with Crippen LogP contribution >= 0.6 is 0 Å². The van der Waals surface area contributed by atoms with Crippen LogP contribution in [-0.4, -0.2) is 48.9 Å². The Balaban J connectivity index is 1.43. The van der Waals surface area contributed by atoms with Crippen molar-refractivity contribution in [2.45, 2.75) is 25.3 Å². The predicted octanol–water partition coefficient (Wildman–Crippen LogP) is 2.86. The third-order valence-corrected chi connectivity index (χ3v) is 5.82. The van der Waals surface area contributed by atoms with Crippen LogP contribution in [-0.2, 0) is 6.54 Å². The van der Waals surface area contributed by atoms with Gasteiger partial charge in [-0.05, 0) is 30.5 Å². The van der Waals surface area contributed by atoms with Gasteiger partial charge in [0.1, 0.15) is 17.5 Å². The summed E-state index contributed by atoms with van der Waals surface area (Å²) < 4.78 is 28.9. The minimum Gasteiger partial charge on any atom is -0.338 e. The zero-order valence-electron chi connectivity index (χ0n) is 17.5. The van der Waals surface area contributed by atoms with E-state index in [2.05, 4.69) is 20.3 Å². The Kier molecular flexibility index (Phi) is 5.41. The fourth-order valence-corrected chi connectivity index (χ4v) is 4.16. The Bertz CT molecular complexity index is 1380. The second-order valence-corrected chi connectivity index (χ2v) is 8.07. The Hall–Kier alpha value is -3.95. The van der Waals surface area contributed by atoms with Crippen LogP contribution < -0.4 is 5.56 Å². The number of carbonyl (C=O) groups is 1. The van der Waals surface area contributed by atoms with Gasteiger partial charge in [-0.1, -0.05) is 35.5 Å². The molecule has 1 atom stereocenters. The summed E-state index contributed by atoms with van der Waals surface area (Å²) in [4.78, 5) is 34.4. The smallest absolute Gasteiger partial charge is 0.281 e. The summed E-state index contributed by atoms with van der Waals surface area (Å²) in [7, 11) is 0. The van der Waals surface area contributed by atoms with Crippen molar-refractivity contribution in [3.05, 3.63) is 87.5 Å². The first-order chi connectivity index (χ1) is 16.0. The molecule has 0 unspecified atom stereocenters. The fraction of sp³-hybridized carbons (Fsp3) is 0.261. The van der Waals surface area contributed by atoms with Crippen molar-refractivity contribution >= 4 is 17.1 Å². The van der Waals surface area contributed by atoms with Gasteiger partial charge >= 0.3 is 0 Å². The Morgan fingerprint density at radius 2 is 1.97 bits per heavy atom. The Labute approximate surface area is 186 Å². The van der Waals surface area contributed by atoms with Crippen molar-refractivity contribution in [2.24, 2.45) is 0 Å². The molecular weight excluding hydrogens is 430 g/mol. The summed E-state index contributed by atoms with van der Waals surface area (Å²) in [5, 5.41) is 8.05. The van der Waals surface area contributed by atoms with Crippen LogP contribution in [0.15, 0.2) is 53.3 Å². The average molecular weight is 450 g/mol. The molecule has 168 valence electrons. The molecule has 33 heavy (non-hydrogen) atoms. The van der Waals surface area contributed by atoms with Crippen LogP contribution in [0.3, 0.4) is 0 Å². The molecule has 1 N–H and O–H groups in total. The SMILES string of the molecule is O=C(c1ccc(F)cc1F)N1CCC[C@H](c2nc3c(nnn3Cc3ccccc3)c(=O)[nH]2)C1. The van der Waals surface area contributed by atoms with E-state index in [0.717, 1.165) is 17.7 Å². The lowest BCUT2D eigenvalue weighted by molar-refractivity contribution is 0.0699. The van der Waals surface area contributed by atoms with Gasteiger partial charge in [-0.15, -0.1) is 5.10 Å². The number of hydrogen-bond acceptors (Lipinski definition) is 5. The van der Waals surface area contributed by atoms with Crippen molar-refractivity contribution < 1.29 is 13.6 Å². The monoisotopic (exact) mass is 450 g/mol. The van der Waals surface area contributed by atoms with Crippen LogP contribution in [0, 0.1) is 11.6 Å². The van der Waals surface area contributed by atoms with Crippen molar-refractivity contribution in [1.82, 2.24) is 29.9 Å². The third-order valence-electron chi connectivity index (χ3n) is 5.82. The van der Waals surface area contributed by atoms with Gasteiger partial charge in [0.15, 0.2) is 11.2 Å². The first-order valence-electron chi connectivity index (χ1n) is 10.6. The Morgan fingerprint density at radius 3 is 2.76 bits per heavy atom. The number of nitrogens with zero attached hydrogens (tertiary/aromatic N) is 5. The minimum atomic E-state index is -0.897. The molecule has 1 aliphatic heterocycles. The number of rotatable bonds is 4. The first-order valence-corrected chi connectivity index (χ1v) is 10.6. The molecule has 3 heterocycles. The van der Waals surface area contributed by atoms with E-state index in [1.54, 1.807) is 4.68 Å². The summed E-state index contributed by atoms with van der Waals surface area (Å²) in [6.07, 6.45) is 1.35. The highest BCUT2D eigenvalue weighted by atomic mass is 19.1. The topological polar surface area (TPSA) is 96.8 Å². The van der Waals surface area contributed by atoms with E-state index in [1.165, 1.54) is 4.90 Å². The highest BCUT2D eigenvalue weighted by Crippen LogP contribution is 2.26. The molecule has 1 saturated heterocycles. The molecule has 0 saturated carbocycles. The van der Waals surface area contributed by atoms with Gasteiger partial charge in [-0.25, -0.2) is 18.4 Å². The molecule has 0 bridgehead atoms. The Morgan fingerprint density at radius 1 is 1.15 bits per heavy atom. The van der Waals surface area contributed by atoms with Crippen molar-refractivity contribution in [2.75, 3.05) is 13.1 Å². The third kappa shape index (κ3) is 4.11. The van der Waals surface area contributed by atoms with Crippen LogP contribution in [0.1, 0.15) is 40.5 Å². The molecule has 4 aromatic rings. The maximum Gasteiger partial charge on any atom is 0.281 e. The number of H-pyrrole nitrogens is 1. The summed E-state index contributed by atoms with van der Waals surface area (Å²) >= 11 is 0. The largest absolute Gasteiger partial charge is 0.338 e. The number of amides is 1. The number of aromatic nitrogens is 5. The number of halogens is 2. The number of piperidine rings is 1. The number of carbonyl (C=O) groups excluding carboxylic acids is 1. The number of hydrogen-bond donors (Lipinski definition) is 1. The standard InChI is InChI=1S/C23H20F2N6O2/c24-16-8-9-17(18(25)11-16)23(33)30-10-4-7-15(13-30)20-26-21-19(22(32)27-20)28-29-31(21)12-14-5-2-1-3-6-14/h1-3,5-6,8-9,11,15H,4,7,10,12-13H2,(H,26,27,32)/t15-/m0/s1. The van der Waals surface area contributed by atoms with Crippen LogP contribution in [0.4, 0.5) is 8.78 Å². The van der Waals surface area contributed by atoms with Crippen LogP contribution in [0.25, 0.3) is 11.2 Å².